The molecule has 1 aliphatic heterocycles. The Morgan fingerprint density at radius 2 is 1.79 bits per heavy atom. The van der Waals surface area contributed by atoms with Gasteiger partial charge >= 0.3 is 5.69 Å². The van der Waals surface area contributed by atoms with E-state index in [2.05, 4.69) is 0 Å². The number of hydrogen-bond acceptors (Lipinski definition) is 5. The van der Waals surface area contributed by atoms with E-state index in [0.29, 0.717) is 37.2 Å². The van der Waals surface area contributed by atoms with Gasteiger partial charge in [0.25, 0.3) is 5.91 Å². The number of nitrogens with zero attached hydrogens (tertiary/aromatic N) is 2. The van der Waals surface area contributed by atoms with Crippen LogP contribution < -0.4 is 10.5 Å². The number of ether oxygens (including phenoxy) is 1. The van der Waals surface area contributed by atoms with Crippen LogP contribution in [0.25, 0.3) is 0 Å². The minimum atomic E-state index is -0.575. The predicted octanol–water partition coefficient (Wildman–Crippen LogP) is 3.38. The Labute approximate surface area is 166 Å². The average Bonchev–Trinajstić information content (AvgIpc) is 2.69. The summed E-state index contributed by atoms with van der Waals surface area (Å²) in [6.45, 7) is 0.948. The van der Waals surface area contributed by atoms with Crippen molar-refractivity contribution >= 4 is 29.1 Å². The van der Waals surface area contributed by atoms with Crippen molar-refractivity contribution in [2.75, 3.05) is 13.1 Å². The Morgan fingerprint density at radius 1 is 1.14 bits per heavy atom. The zero-order valence-electron chi connectivity index (χ0n) is 14.8. The van der Waals surface area contributed by atoms with Gasteiger partial charge in [-0.1, -0.05) is 11.6 Å². The van der Waals surface area contributed by atoms with Crippen molar-refractivity contribution in [1.29, 1.82) is 0 Å². The van der Waals surface area contributed by atoms with Crippen LogP contribution in [-0.2, 0) is 4.79 Å². The Morgan fingerprint density at radius 3 is 2.36 bits per heavy atom. The van der Waals surface area contributed by atoms with Gasteiger partial charge in [0.05, 0.1) is 4.92 Å². The molecule has 0 bridgehead atoms. The maximum Gasteiger partial charge on any atom is 0.313 e. The average molecular weight is 404 g/mol. The van der Waals surface area contributed by atoms with Crippen molar-refractivity contribution in [3.8, 4) is 11.5 Å². The molecule has 28 heavy (non-hydrogen) atoms. The first-order chi connectivity index (χ1) is 13.3. The summed E-state index contributed by atoms with van der Waals surface area (Å²) in [5, 5.41) is 11.4. The molecule has 8 nitrogen and oxygen atoms in total. The molecule has 0 aliphatic carbocycles. The summed E-state index contributed by atoms with van der Waals surface area (Å²) in [5.41, 5.74) is 5.53. The molecule has 2 aromatic carbocycles. The van der Waals surface area contributed by atoms with Crippen molar-refractivity contribution in [2.45, 2.75) is 12.8 Å². The van der Waals surface area contributed by atoms with Crippen LogP contribution in [0.4, 0.5) is 5.69 Å². The van der Waals surface area contributed by atoms with Crippen LogP contribution in [0.2, 0.25) is 5.02 Å². The van der Waals surface area contributed by atoms with E-state index < -0.39 is 4.92 Å². The smallest absolute Gasteiger partial charge is 0.313 e. The van der Waals surface area contributed by atoms with Crippen molar-refractivity contribution < 1.29 is 19.2 Å². The number of rotatable bonds is 5. The molecule has 0 saturated carbocycles. The highest BCUT2D eigenvalue weighted by molar-refractivity contribution is 6.30. The highest BCUT2D eigenvalue weighted by Crippen LogP contribution is 2.33. The van der Waals surface area contributed by atoms with Gasteiger partial charge in [0.1, 0.15) is 5.75 Å². The number of nitro benzene ring substituents is 1. The number of hydrogen-bond donors (Lipinski definition) is 1. The highest BCUT2D eigenvalue weighted by Gasteiger charge is 2.26. The van der Waals surface area contributed by atoms with Crippen LogP contribution in [0.1, 0.15) is 23.2 Å². The number of halogens is 1. The molecule has 0 radical (unpaired) electrons. The van der Waals surface area contributed by atoms with E-state index in [4.69, 9.17) is 22.1 Å². The lowest BCUT2D eigenvalue weighted by Crippen LogP contribution is -2.41. The molecule has 1 heterocycles. The van der Waals surface area contributed by atoms with Crippen molar-refractivity contribution in [3.63, 3.8) is 0 Å². The predicted molar refractivity (Wildman–Crippen MR) is 102 cm³/mol. The molecular weight excluding hydrogens is 386 g/mol. The standard InChI is InChI=1S/C19H18ClN3O5/c20-14-3-6-17(16(11-14)23(26)27)28-15-4-1-13(2-5-15)19(25)22-9-7-12(8-10-22)18(21)24/h1-6,11-12H,7-10H2,(H2,21,24). The summed E-state index contributed by atoms with van der Waals surface area (Å²) in [6.07, 6.45) is 1.12. The number of benzene rings is 2. The van der Waals surface area contributed by atoms with Gasteiger partial charge in [-0.05, 0) is 49.2 Å². The van der Waals surface area contributed by atoms with E-state index in [-0.39, 0.29) is 34.2 Å². The van der Waals surface area contributed by atoms with E-state index in [1.165, 1.54) is 18.2 Å². The van der Waals surface area contributed by atoms with Crippen molar-refractivity contribution in [1.82, 2.24) is 4.90 Å². The number of nitro groups is 1. The summed E-state index contributed by atoms with van der Waals surface area (Å²) in [7, 11) is 0. The molecule has 1 aliphatic rings. The molecule has 0 unspecified atom stereocenters. The van der Waals surface area contributed by atoms with Gasteiger partial charge in [-0.25, -0.2) is 0 Å². The second kappa shape index (κ2) is 8.26. The number of carbonyl (C=O) groups excluding carboxylic acids is 2. The van der Waals surface area contributed by atoms with Crippen LogP contribution in [0.5, 0.6) is 11.5 Å². The van der Waals surface area contributed by atoms with Crippen LogP contribution in [0.3, 0.4) is 0 Å². The maximum absolute atomic E-state index is 12.6. The summed E-state index contributed by atoms with van der Waals surface area (Å²) in [4.78, 5) is 36.1. The van der Waals surface area contributed by atoms with Gasteiger partial charge in [0.15, 0.2) is 0 Å². The van der Waals surface area contributed by atoms with Crippen LogP contribution >= 0.6 is 11.6 Å². The first-order valence-corrected chi connectivity index (χ1v) is 9.03. The molecule has 1 fully saturated rings. The van der Waals surface area contributed by atoms with E-state index >= 15 is 0 Å². The molecule has 2 amide bonds. The lowest BCUT2D eigenvalue weighted by molar-refractivity contribution is -0.385. The van der Waals surface area contributed by atoms with Crippen molar-refractivity contribution in [3.05, 3.63) is 63.2 Å². The molecule has 3 rings (SSSR count). The van der Waals surface area contributed by atoms with E-state index in [0.717, 1.165) is 0 Å². The van der Waals surface area contributed by atoms with Gasteiger partial charge in [0.2, 0.25) is 11.7 Å². The molecule has 9 heteroatoms. The molecule has 1 saturated heterocycles. The Kier molecular flexibility index (Phi) is 5.79. The van der Waals surface area contributed by atoms with Crippen LogP contribution in [-0.4, -0.2) is 34.7 Å². The highest BCUT2D eigenvalue weighted by atomic mass is 35.5. The zero-order valence-corrected chi connectivity index (χ0v) is 15.6. The molecule has 0 atom stereocenters. The topological polar surface area (TPSA) is 116 Å². The maximum atomic E-state index is 12.6. The monoisotopic (exact) mass is 403 g/mol. The minimum absolute atomic E-state index is 0.0574. The van der Waals surface area contributed by atoms with Gasteiger partial charge < -0.3 is 15.4 Å². The van der Waals surface area contributed by atoms with Gasteiger partial charge in [-0.3, -0.25) is 19.7 Å². The molecular formula is C19H18ClN3O5. The third-order valence-corrected chi connectivity index (χ3v) is 4.87. The van der Waals surface area contributed by atoms with E-state index in [1.54, 1.807) is 29.2 Å². The fourth-order valence-corrected chi connectivity index (χ4v) is 3.23. The molecule has 0 aromatic heterocycles. The summed E-state index contributed by atoms with van der Waals surface area (Å²) < 4.78 is 5.57. The third kappa shape index (κ3) is 4.40. The number of piperidine rings is 1. The largest absolute Gasteiger partial charge is 0.450 e. The number of amides is 2. The lowest BCUT2D eigenvalue weighted by atomic mass is 9.96. The van der Waals surface area contributed by atoms with Crippen molar-refractivity contribution in [2.24, 2.45) is 11.7 Å². The summed E-state index contributed by atoms with van der Waals surface area (Å²) in [6, 6.07) is 10.5. The summed E-state index contributed by atoms with van der Waals surface area (Å²) in [5.74, 6) is -0.247. The van der Waals surface area contributed by atoms with Crippen LogP contribution in [0, 0.1) is 16.0 Å². The Balaban J connectivity index is 1.68. The van der Waals surface area contributed by atoms with Crippen LogP contribution in [0.15, 0.2) is 42.5 Å². The fourth-order valence-electron chi connectivity index (χ4n) is 3.06. The Bertz CT molecular complexity index is 908. The van der Waals surface area contributed by atoms with Gasteiger partial charge in [-0.15, -0.1) is 0 Å². The number of primary amides is 1. The van der Waals surface area contributed by atoms with E-state index in [1.807, 2.05) is 0 Å². The SMILES string of the molecule is NC(=O)C1CCN(C(=O)c2ccc(Oc3ccc(Cl)cc3[N+](=O)[O-])cc2)CC1. The second-order valence-corrected chi connectivity index (χ2v) is 6.90. The first kappa shape index (κ1) is 19.6. The van der Waals surface area contributed by atoms with E-state index in [9.17, 15) is 19.7 Å². The minimum Gasteiger partial charge on any atom is -0.450 e. The first-order valence-electron chi connectivity index (χ1n) is 8.65. The second-order valence-electron chi connectivity index (χ2n) is 6.46. The Hall–Kier alpha value is -3.13. The molecule has 146 valence electrons. The molecule has 0 spiro atoms. The fraction of sp³-hybridized carbons (Fsp3) is 0.263. The number of likely N-dealkylation sites (tertiary alicyclic amines) is 1. The molecule has 2 N–H and O–H groups in total. The normalized spacial score (nSPS) is 14.5. The quantitative estimate of drug-likeness (QED) is 0.606. The number of carbonyl (C=O) groups is 2. The zero-order chi connectivity index (χ0) is 20.3. The number of nitrogens with two attached hydrogens (primary N) is 1. The lowest BCUT2D eigenvalue weighted by Gasteiger charge is -2.30. The molecule has 2 aromatic rings. The summed E-state index contributed by atoms with van der Waals surface area (Å²) >= 11 is 5.79. The van der Waals surface area contributed by atoms with Gasteiger partial charge in [0, 0.05) is 35.7 Å². The van der Waals surface area contributed by atoms with Gasteiger partial charge in [-0.2, -0.15) is 0 Å². The third-order valence-electron chi connectivity index (χ3n) is 4.63.